The summed E-state index contributed by atoms with van der Waals surface area (Å²) in [5, 5.41) is 8.67. The molecule has 3 heteroatoms. The normalized spacial score (nSPS) is 9.69. The first-order valence-corrected chi connectivity index (χ1v) is 5.13. The average molecular weight is 220 g/mol. The Morgan fingerprint density at radius 1 is 1.31 bits per heavy atom. The molecular formula is C13H16O3. The van der Waals surface area contributed by atoms with Gasteiger partial charge in [0.15, 0.2) is 5.78 Å². The van der Waals surface area contributed by atoms with E-state index in [2.05, 4.69) is 0 Å². The van der Waals surface area contributed by atoms with Crippen LogP contribution in [0, 0.1) is 0 Å². The van der Waals surface area contributed by atoms with Gasteiger partial charge in [0.2, 0.25) is 0 Å². The van der Waals surface area contributed by atoms with Crippen LogP contribution in [0.2, 0.25) is 0 Å². The van der Waals surface area contributed by atoms with Crippen molar-refractivity contribution in [2.24, 2.45) is 0 Å². The molecule has 0 radical (unpaired) electrons. The van der Waals surface area contributed by atoms with Gasteiger partial charge in [0.25, 0.3) is 0 Å². The number of benzene rings is 1. The van der Waals surface area contributed by atoms with Crippen LogP contribution in [-0.2, 0) is 0 Å². The molecule has 0 saturated heterocycles. The van der Waals surface area contributed by atoms with Gasteiger partial charge in [0.1, 0.15) is 19.0 Å². The van der Waals surface area contributed by atoms with Crippen molar-refractivity contribution >= 4 is 5.78 Å². The second kappa shape index (κ2) is 6.08. The Hall–Kier alpha value is -1.61. The van der Waals surface area contributed by atoms with Gasteiger partial charge in [-0.25, -0.2) is 0 Å². The number of carbonyl (C=O) groups is 1. The van der Waals surface area contributed by atoms with Crippen LogP contribution in [0.3, 0.4) is 0 Å². The van der Waals surface area contributed by atoms with E-state index >= 15 is 0 Å². The fourth-order valence-corrected chi connectivity index (χ4v) is 1.13. The van der Waals surface area contributed by atoms with Crippen molar-refractivity contribution in [1.29, 1.82) is 0 Å². The molecule has 0 saturated carbocycles. The maximum absolute atomic E-state index is 11.1. The zero-order chi connectivity index (χ0) is 12.0. The fraction of sp³-hybridized carbons (Fsp3) is 0.308. The number of hydrogen-bond donors (Lipinski definition) is 1. The summed E-state index contributed by atoms with van der Waals surface area (Å²) in [5.41, 5.74) is 1.70. The zero-order valence-corrected chi connectivity index (χ0v) is 9.56. The summed E-state index contributed by atoms with van der Waals surface area (Å²) in [4.78, 5) is 11.1. The minimum absolute atomic E-state index is 0.282. The number of ether oxygens (including phenoxy) is 1. The van der Waals surface area contributed by atoms with Crippen LogP contribution in [0.1, 0.15) is 24.2 Å². The Bertz CT molecular complexity index is 373. The molecule has 0 atom stereocenters. The molecule has 1 aromatic carbocycles. The summed E-state index contributed by atoms with van der Waals surface area (Å²) in [6.07, 6.45) is 1.98. The molecule has 0 aliphatic carbocycles. The van der Waals surface area contributed by atoms with E-state index in [1.165, 1.54) is 5.57 Å². The number of carbonyl (C=O) groups excluding carboxylic acids is 1. The SMILES string of the molecule is CC(C)=CCOc1ccc(C(=O)CO)cc1. The molecule has 1 N–H and O–H groups in total. The Morgan fingerprint density at radius 2 is 1.94 bits per heavy atom. The lowest BCUT2D eigenvalue weighted by Gasteiger charge is -2.04. The first-order valence-electron chi connectivity index (χ1n) is 5.13. The quantitative estimate of drug-likeness (QED) is 0.611. The van der Waals surface area contributed by atoms with Gasteiger partial charge in [-0.1, -0.05) is 5.57 Å². The predicted octanol–water partition coefficient (Wildman–Crippen LogP) is 2.21. The predicted molar refractivity (Wildman–Crippen MR) is 62.8 cm³/mol. The molecular weight excluding hydrogens is 204 g/mol. The standard InChI is InChI=1S/C13H16O3/c1-10(2)7-8-16-12-5-3-11(4-6-12)13(15)9-14/h3-7,14H,8-9H2,1-2H3. The molecule has 0 heterocycles. The van der Waals surface area contributed by atoms with Crippen LogP contribution < -0.4 is 4.74 Å². The van der Waals surface area contributed by atoms with Gasteiger partial charge in [-0.3, -0.25) is 4.79 Å². The highest BCUT2D eigenvalue weighted by Crippen LogP contribution is 2.12. The molecule has 0 unspecified atom stereocenters. The molecule has 3 nitrogen and oxygen atoms in total. The van der Waals surface area contributed by atoms with Gasteiger partial charge in [-0.2, -0.15) is 0 Å². The van der Waals surface area contributed by atoms with Crippen molar-refractivity contribution in [2.45, 2.75) is 13.8 Å². The van der Waals surface area contributed by atoms with E-state index in [4.69, 9.17) is 9.84 Å². The lowest BCUT2D eigenvalue weighted by molar-refractivity contribution is 0.0903. The van der Waals surface area contributed by atoms with Crippen molar-refractivity contribution in [3.63, 3.8) is 0 Å². The van der Waals surface area contributed by atoms with Crippen LogP contribution in [0.5, 0.6) is 5.75 Å². The second-order valence-corrected chi connectivity index (χ2v) is 3.70. The van der Waals surface area contributed by atoms with E-state index in [0.717, 1.165) is 0 Å². The minimum Gasteiger partial charge on any atom is -0.490 e. The van der Waals surface area contributed by atoms with Gasteiger partial charge >= 0.3 is 0 Å². The summed E-state index contributed by atoms with van der Waals surface area (Å²) >= 11 is 0. The number of Topliss-reactive ketones (excluding diaryl/α,β-unsaturated/α-hetero) is 1. The Kier molecular flexibility index (Phi) is 4.73. The van der Waals surface area contributed by atoms with Crippen molar-refractivity contribution in [3.05, 3.63) is 41.5 Å². The topological polar surface area (TPSA) is 46.5 Å². The number of allylic oxidation sites excluding steroid dienone is 1. The van der Waals surface area contributed by atoms with E-state index < -0.39 is 6.61 Å². The van der Waals surface area contributed by atoms with Crippen LogP contribution in [0.25, 0.3) is 0 Å². The largest absolute Gasteiger partial charge is 0.490 e. The highest BCUT2D eigenvalue weighted by molar-refractivity contribution is 5.96. The van der Waals surface area contributed by atoms with Gasteiger partial charge in [-0.15, -0.1) is 0 Å². The smallest absolute Gasteiger partial charge is 0.188 e. The highest BCUT2D eigenvalue weighted by Gasteiger charge is 2.03. The van der Waals surface area contributed by atoms with Gasteiger partial charge in [0.05, 0.1) is 0 Å². The number of aliphatic hydroxyl groups is 1. The zero-order valence-electron chi connectivity index (χ0n) is 9.56. The van der Waals surface area contributed by atoms with Gasteiger partial charge < -0.3 is 9.84 Å². The summed E-state index contributed by atoms with van der Waals surface area (Å²) in [6, 6.07) is 6.75. The van der Waals surface area contributed by atoms with E-state index in [0.29, 0.717) is 17.9 Å². The van der Waals surface area contributed by atoms with E-state index in [-0.39, 0.29) is 5.78 Å². The molecule has 0 aliphatic rings. The third-order valence-electron chi connectivity index (χ3n) is 2.06. The Balaban J connectivity index is 2.58. The van der Waals surface area contributed by atoms with Crippen molar-refractivity contribution < 1.29 is 14.6 Å². The first-order chi connectivity index (χ1) is 7.63. The molecule has 0 aromatic heterocycles. The minimum atomic E-state index is -0.460. The Labute approximate surface area is 95.4 Å². The third kappa shape index (κ3) is 3.87. The fourth-order valence-electron chi connectivity index (χ4n) is 1.13. The molecule has 0 amide bonds. The maximum atomic E-state index is 11.1. The van der Waals surface area contributed by atoms with Crippen molar-refractivity contribution in [3.8, 4) is 5.75 Å². The second-order valence-electron chi connectivity index (χ2n) is 3.70. The maximum Gasteiger partial charge on any atom is 0.188 e. The number of aliphatic hydroxyl groups excluding tert-OH is 1. The molecule has 1 rings (SSSR count). The van der Waals surface area contributed by atoms with Gasteiger partial charge in [-0.05, 0) is 44.2 Å². The lowest BCUT2D eigenvalue weighted by Crippen LogP contribution is -2.04. The van der Waals surface area contributed by atoms with E-state index in [1.807, 2.05) is 19.9 Å². The van der Waals surface area contributed by atoms with Crippen molar-refractivity contribution in [2.75, 3.05) is 13.2 Å². The molecule has 0 bridgehead atoms. The first kappa shape index (κ1) is 12.5. The molecule has 86 valence electrons. The molecule has 0 aliphatic heterocycles. The molecule has 0 fully saturated rings. The third-order valence-corrected chi connectivity index (χ3v) is 2.06. The van der Waals surface area contributed by atoms with Gasteiger partial charge in [0, 0.05) is 5.56 Å². The number of ketones is 1. The van der Waals surface area contributed by atoms with Crippen LogP contribution in [-0.4, -0.2) is 24.1 Å². The number of hydrogen-bond acceptors (Lipinski definition) is 3. The van der Waals surface area contributed by atoms with Crippen LogP contribution >= 0.6 is 0 Å². The summed E-state index contributed by atoms with van der Waals surface area (Å²) < 4.78 is 5.44. The Morgan fingerprint density at radius 3 is 2.44 bits per heavy atom. The summed E-state index contributed by atoms with van der Waals surface area (Å²) in [7, 11) is 0. The van der Waals surface area contributed by atoms with Crippen LogP contribution in [0.15, 0.2) is 35.9 Å². The molecule has 1 aromatic rings. The van der Waals surface area contributed by atoms with E-state index in [9.17, 15) is 4.79 Å². The van der Waals surface area contributed by atoms with Crippen LogP contribution in [0.4, 0.5) is 0 Å². The summed E-state index contributed by atoms with van der Waals surface area (Å²) in [6.45, 7) is 4.08. The highest BCUT2D eigenvalue weighted by atomic mass is 16.5. The molecule has 16 heavy (non-hydrogen) atoms. The molecule has 0 spiro atoms. The van der Waals surface area contributed by atoms with Crippen molar-refractivity contribution in [1.82, 2.24) is 0 Å². The lowest BCUT2D eigenvalue weighted by atomic mass is 10.1. The monoisotopic (exact) mass is 220 g/mol. The average Bonchev–Trinajstić information content (AvgIpc) is 2.28. The number of rotatable bonds is 5. The summed E-state index contributed by atoms with van der Waals surface area (Å²) in [5.74, 6) is 0.433. The van der Waals surface area contributed by atoms with E-state index in [1.54, 1.807) is 24.3 Å².